The molecule has 1 aliphatic rings. The molecule has 1 heterocycles. The first-order chi connectivity index (χ1) is 8.27. The lowest BCUT2D eigenvalue weighted by Crippen LogP contribution is -2.40. The summed E-state index contributed by atoms with van der Waals surface area (Å²) in [5.41, 5.74) is 0. The number of hydrogen-bond donors (Lipinski definition) is 1. The molecule has 0 aliphatic carbocycles. The number of rotatable bonds is 9. The fourth-order valence-electron chi connectivity index (χ4n) is 2.67. The van der Waals surface area contributed by atoms with Crippen molar-refractivity contribution in [2.24, 2.45) is 0 Å². The van der Waals surface area contributed by atoms with Gasteiger partial charge in [-0.25, -0.2) is 0 Å². The maximum atomic E-state index is 6.01. The Labute approximate surface area is 108 Å². The molecule has 0 amide bonds. The van der Waals surface area contributed by atoms with Crippen LogP contribution in [0.5, 0.6) is 0 Å². The first-order valence-corrected chi connectivity index (χ1v) is 7.66. The monoisotopic (exact) mass is 241 g/mol. The van der Waals surface area contributed by atoms with E-state index in [4.69, 9.17) is 4.74 Å². The molecule has 102 valence electrons. The van der Waals surface area contributed by atoms with Crippen LogP contribution in [-0.2, 0) is 4.74 Å². The number of nitrogens with one attached hydrogen (secondary N) is 1. The van der Waals surface area contributed by atoms with Crippen LogP contribution in [0.4, 0.5) is 0 Å². The summed E-state index contributed by atoms with van der Waals surface area (Å²) in [6.45, 7) is 7.84. The number of ether oxygens (including phenoxy) is 1. The molecule has 2 heteroatoms. The molecule has 2 nitrogen and oxygen atoms in total. The second-order valence-electron chi connectivity index (χ2n) is 5.47. The molecule has 17 heavy (non-hydrogen) atoms. The molecule has 0 aromatic carbocycles. The highest BCUT2D eigenvalue weighted by atomic mass is 16.5. The number of unbranched alkanes of at least 4 members (excludes halogenated alkanes) is 3. The van der Waals surface area contributed by atoms with Crippen LogP contribution in [0, 0.1) is 0 Å². The van der Waals surface area contributed by atoms with Gasteiger partial charge in [-0.3, -0.25) is 0 Å². The second-order valence-corrected chi connectivity index (χ2v) is 5.47. The van der Waals surface area contributed by atoms with Gasteiger partial charge in [0.25, 0.3) is 0 Å². The van der Waals surface area contributed by atoms with Gasteiger partial charge in [-0.05, 0) is 39.2 Å². The molecule has 0 aromatic rings. The van der Waals surface area contributed by atoms with Gasteiger partial charge in [0.1, 0.15) is 0 Å². The highest BCUT2D eigenvalue weighted by Gasteiger charge is 2.28. The summed E-state index contributed by atoms with van der Waals surface area (Å²) in [4.78, 5) is 0. The Morgan fingerprint density at radius 1 is 1.12 bits per heavy atom. The molecule has 0 bridgehead atoms. The highest BCUT2D eigenvalue weighted by Crippen LogP contribution is 2.24. The minimum atomic E-state index is 0.471. The molecule has 1 rings (SSSR count). The van der Waals surface area contributed by atoms with Crippen molar-refractivity contribution in [2.75, 3.05) is 6.54 Å². The molecule has 1 N–H and O–H groups in total. The summed E-state index contributed by atoms with van der Waals surface area (Å²) in [6, 6.07) is 0.594. The lowest BCUT2D eigenvalue weighted by Gasteiger charge is -2.25. The van der Waals surface area contributed by atoms with Crippen LogP contribution in [0.1, 0.15) is 72.1 Å². The minimum absolute atomic E-state index is 0.471. The first-order valence-electron chi connectivity index (χ1n) is 7.66. The van der Waals surface area contributed by atoms with Crippen molar-refractivity contribution in [1.82, 2.24) is 5.32 Å². The molecule has 3 unspecified atom stereocenters. The van der Waals surface area contributed by atoms with Crippen molar-refractivity contribution in [3.8, 4) is 0 Å². The van der Waals surface area contributed by atoms with Gasteiger partial charge in [-0.15, -0.1) is 0 Å². The molecular formula is C15H31NO. The Balaban J connectivity index is 2.26. The maximum Gasteiger partial charge on any atom is 0.0732 e. The van der Waals surface area contributed by atoms with E-state index < -0.39 is 0 Å². The SMILES string of the molecule is CCCCCCC(NCCC)C1CCC(C)O1. The summed E-state index contributed by atoms with van der Waals surface area (Å²) in [6.07, 6.45) is 11.4. The van der Waals surface area contributed by atoms with E-state index in [-0.39, 0.29) is 0 Å². The van der Waals surface area contributed by atoms with Crippen LogP contribution >= 0.6 is 0 Å². The van der Waals surface area contributed by atoms with Gasteiger partial charge in [0, 0.05) is 6.04 Å². The van der Waals surface area contributed by atoms with Gasteiger partial charge in [0.05, 0.1) is 12.2 Å². The first kappa shape index (κ1) is 15.0. The Hall–Kier alpha value is -0.0800. The average Bonchev–Trinajstić information content (AvgIpc) is 2.75. The van der Waals surface area contributed by atoms with Crippen molar-refractivity contribution in [2.45, 2.75) is 90.4 Å². The molecule has 0 spiro atoms. The van der Waals surface area contributed by atoms with Crippen molar-refractivity contribution >= 4 is 0 Å². The Bertz CT molecular complexity index is 184. The largest absolute Gasteiger partial charge is 0.374 e. The maximum absolute atomic E-state index is 6.01. The van der Waals surface area contributed by atoms with E-state index in [2.05, 4.69) is 26.1 Å². The summed E-state index contributed by atoms with van der Waals surface area (Å²) >= 11 is 0. The Morgan fingerprint density at radius 2 is 1.94 bits per heavy atom. The lowest BCUT2D eigenvalue weighted by molar-refractivity contribution is 0.0295. The van der Waals surface area contributed by atoms with Crippen LogP contribution in [0.2, 0.25) is 0 Å². The third-order valence-corrected chi connectivity index (χ3v) is 3.74. The lowest BCUT2D eigenvalue weighted by atomic mass is 10.00. The molecular weight excluding hydrogens is 210 g/mol. The van der Waals surface area contributed by atoms with E-state index in [1.54, 1.807) is 0 Å². The van der Waals surface area contributed by atoms with E-state index in [0.29, 0.717) is 18.2 Å². The highest BCUT2D eigenvalue weighted by molar-refractivity contribution is 4.82. The second kappa shape index (κ2) is 8.93. The zero-order chi connectivity index (χ0) is 12.5. The fraction of sp³-hybridized carbons (Fsp3) is 1.00. The van der Waals surface area contributed by atoms with Crippen molar-refractivity contribution in [3.63, 3.8) is 0 Å². The van der Waals surface area contributed by atoms with Crippen molar-refractivity contribution < 1.29 is 4.74 Å². The van der Waals surface area contributed by atoms with Crippen LogP contribution < -0.4 is 5.32 Å². The third kappa shape index (κ3) is 5.87. The Morgan fingerprint density at radius 3 is 2.53 bits per heavy atom. The van der Waals surface area contributed by atoms with Gasteiger partial charge in [-0.1, -0.05) is 39.5 Å². The average molecular weight is 241 g/mol. The zero-order valence-corrected chi connectivity index (χ0v) is 12.0. The van der Waals surface area contributed by atoms with E-state index in [1.165, 1.54) is 51.4 Å². The van der Waals surface area contributed by atoms with Crippen LogP contribution in [0.25, 0.3) is 0 Å². The van der Waals surface area contributed by atoms with Crippen LogP contribution in [0.3, 0.4) is 0 Å². The minimum Gasteiger partial charge on any atom is -0.374 e. The van der Waals surface area contributed by atoms with Crippen LogP contribution in [-0.4, -0.2) is 24.8 Å². The zero-order valence-electron chi connectivity index (χ0n) is 12.0. The van der Waals surface area contributed by atoms with E-state index in [9.17, 15) is 0 Å². The fourth-order valence-corrected chi connectivity index (χ4v) is 2.67. The van der Waals surface area contributed by atoms with Gasteiger partial charge in [0.15, 0.2) is 0 Å². The molecule has 3 atom stereocenters. The summed E-state index contributed by atoms with van der Waals surface area (Å²) in [7, 11) is 0. The third-order valence-electron chi connectivity index (χ3n) is 3.74. The van der Waals surface area contributed by atoms with Gasteiger partial charge >= 0.3 is 0 Å². The predicted octanol–water partition coefficient (Wildman–Crippen LogP) is 3.89. The topological polar surface area (TPSA) is 21.3 Å². The Kier molecular flexibility index (Phi) is 7.87. The standard InChI is InChI=1S/C15H31NO/c1-4-6-7-8-9-14(16-12-5-2)15-11-10-13(3)17-15/h13-16H,4-12H2,1-3H3. The molecule has 0 saturated carbocycles. The smallest absolute Gasteiger partial charge is 0.0732 e. The normalized spacial score (nSPS) is 26.3. The summed E-state index contributed by atoms with van der Waals surface area (Å²) in [5, 5.41) is 3.68. The van der Waals surface area contributed by atoms with Crippen LogP contribution in [0.15, 0.2) is 0 Å². The van der Waals surface area contributed by atoms with E-state index in [1.807, 2.05) is 0 Å². The molecule has 1 aliphatic heterocycles. The van der Waals surface area contributed by atoms with Crippen molar-refractivity contribution in [1.29, 1.82) is 0 Å². The van der Waals surface area contributed by atoms with E-state index in [0.717, 1.165) is 6.54 Å². The van der Waals surface area contributed by atoms with Gasteiger partial charge < -0.3 is 10.1 Å². The predicted molar refractivity (Wildman–Crippen MR) is 74.4 cm³/mol. The number of hydrogen-bond acceptors (Lipinski definition) is 2. The molecule has 1 fully saturated rings. The molecule has 0 aromatic heterocycles. The van der Waals surface area contributed by atoms with Gasteiger partial charge in [-0.2, -0.15) is 0 Å². The summed E-state index contributed by atoms with van der Waals surface area (Å²) in [5.74, 6) is 0. The molecule has 0 radical (unpaired) electrons. The summed E-state index contributed by atoms with van der Waals surface area (Å²) < 4.78 is 6.01. The van der Waals surface area contributed by atoms with Crippen molar-refractivity contribution in [3.05, 3.63) is 0 Å². The quantitative estimate of drug-likeness (QED) is 0.618. The van der Waals surface area contributed by atoms with Gasteiger partial charge in [0.2, 0.25) is 0 Å². The molecule has 1 saturated heterocycles. The van der Waals surface area contributed by atoms with E-state index >= 15 is 0 Å².